The van der Waals surface area contributed by atoms with Crippen molar-refractivity contribution in [3.8, 4) is 0 Å². The van der Waals surface area contributed by atoms with Gasteiger partial charge in [-0.25, -0.2) is 4.79 Å². The highest BCUT2D eigenvalue weighted by atomic mass is 16.5. The fraction of sp³-hybridized carbons (Fsp3) is 0.205. The van der Waals surface area contributed by atoms with E-state index < -0.39 is 47.7 Å². The van der Waals surface area contributed by atoms with Crippen molar-refractivity contribution >= 4 is 40.5 Å². The number of H-pyrrole nitrogens is 1. The van der Waals surface area contributed by atoms with E-state index in [4.69, 9.17) is 4.74 Å². The normalized spacial score (nSPS) is 12.6. The Labute approximate surface area is 289 Å². The topological polar surface area (TPSA) is 158 Å². The number of rotatable bonds is 15. The average Bonchev–Trinajstić information content (AvgIpc) is 3.55. The maximum absolute atomic E-state index is 14.0. The lowest BCUT2D eigenvalue weighted by molar-refractivity contribution is -0.140. The Bertz CT molecular complexity index is 1910. The zero-order chi connectivity index (χ0) is 35.3. The first-order chi connectivity index (χ1) is 24.3. The van der Waals surface area contributed by atoms with Crippen LogP contribution in [0.2, 0.25) is 0 Å². The molecule has 0 bridgehead atoms. The third-order valence-corrected chi connectivity index (χ3v) is 8.11. The first-order valence-corrected chi connectivity index (χ1v) is 16.3. The fourth-order valence-electron chi connectivity index (χ4n) is 5.39. The molecule has 4 aromatic carbocycles. The summed E-state index contributed by atoms with van der Waals surface area (Å²) >= 11 is 0. The maximum Gasteiger partial charge on any atom is 0.408 e. The first kappa shape index (κ1) is 35.1. The molecular weight excluding hydrogens is 634 g/mol. The monoisotopic (exact) mass is 673 g/mol. The number of carbonyl (C=O) groups is 5. The van der Waals surface area contributed by atoms with E-state index in [1.165, 1.54) is 6.92 Å². The summed E-state index contributed by atoms with van der Waals surface area (Å²) in [5.74, 6) is -2.99. The van der Waals surface area contributed by atoms with E-state index in [0.29, 0.717) is 0 Å². The molecule has 0 aliphatic rings. The standard InChI is InChI=1S/C39H39N5O6/c1-26(42-39(49)50-25-29-17-9-4-10-18-29)36(46)44-34(22-30-24-40-32-20-12-11-19-31(30)32)37(47)43-33(21-27-13-5-2-6-14-27)35(45)38(48)41-23-28-15-7-3-8-16-28/h2-20,24,26,33-34,40H,21-23,25H2,1H3,(H,41,48)(H,42,49)(H,43,47)(H,44,46). The summed E-state index contributed by atoms with van der Waals surface area (Å²) < 4.78 is 5.25. The van der Waals surface area contributed by atoms with Gasteiger partial charge in [-0.1, -0.05) is 109 Å². The SMILES string of the molecule is CC(NC(=O)OCc1ccccc1)C(=O)NC(Cc1c[nH]c2ccccc12)C(=O)NC(Cc1ccccc1)C(=O)C(=O)NCc1ccccc1. The van der Waals surface area contributed by atoms with Crippen molar-refractivity contribution in [1.82, 2.24) is 26.3 Å². The number of alkyl carbamates (subject to hydrolysis) is 1. The van der Waals surface area contributed by atoms with Gasteiger partial charge >= 0.3 is 6.09 Å². The predicted molar refractivity (Wildman–Crippen MR) is 189 cm³/mol. The van der Waals surface area contributed by atoms with Crippen LogP contribution >= 0.6 is 0 Å². The summed E-state index contributed by atoms with van der Waals surface area (Å²) in [7, 11) is 0. The highest BCUT2D eigenvalue weighted by molar-refractivity contribution is 6.38. The van der Waals surface area contributed by atoms with Crippen LogP contribution in [0.25, 0.3) is 10.9 Å². The average molecular weight is 674 g/mol. The van der Waals surface area contributed by atoms with Crippen molar-refractivity contribution in [1.29, 1.82) is 0 Å². The molecule has 3 atom stereocenters. The highest BCUT2D eigenvalue weighted by Gasteiger charge is 2.32. The number of hydrogen-bond donors (Lipinski definition) is 5. The number of nitrogens with one attached hydrogen (secondary N) is 5. The molecule has 1 heterocycles. The van der Waals surface area contributed by atoms with Crippen LogP contribution in [0.4, 0.5) is 4.79 Å². The Hall–Kier alpha value is -6.23. The molecule has 5 aromatic rings. The summed E-state index contributed by atoms with van der Waals surface area (Å²) in [4.78, 5) is 69.7. The number of Topliss-reactive ketones (excluding diaryl/α,β-unsaturated/α-hetero) is 1. The summed E-state index contributed by atoms with van der Waals surface area (Å²) in [6.45, 7) is 1.62. The second-order valence-corrected chi connectivity index (χ2v) is 11.8. The van der Waals surface area contributed by atoms with Crippen molar-refractivity contribution in [2.75, 3.05) is 0 Å². The van der Waals surface area contributed by atoms with Gasteiger partial charge in [0.25, 0.3) is 5.91 Å². The summed E-state index contributed by atoms with van der Waals surface area (Å²) in [5, 5.41) is 11.5. The van der Waals surface area contributed by atoms with Crippen molar-refractivity contribution < 1.29 is 28.7 Å². The molecule has 0 fully saturated rings. The van der Waals surface area contributed by atoms with Crippen LogP contribution in [0.15, 0.2) is 121 Å². The van der Waals surface area contributed by atoms with Gasteiger partial charge in [-0.15, -0.1) is 0 Å². The molecule has 256 valence electrons. The number of para-hydroxylation sites is 1. The van der Waals surface area contributed by atoms with Gasteiger partial charge in [-0.2, -0.15) is 0 Å². The maximum atomic E-state index is 14.0. The molecule has 50 heavy (non-hydrogen) atoms. The van der Waals surface area contributed by atoms with E-state index in [2.05, 4.69) is 26.3 Å². The number of aromatic amines is 1. The smallest absolute Gasteiger partial charge is 0.408 e. The number of hydrogen-bond acceptors (Lipinski definition) is 6. The molecule has 0 radical (unpaired) electrons. The van der Waals surface area contributed by atoms with Crippen LogP contribution < -0.4 is 21.3 Å². The van der Waals surface area contributed by atoms with Gasteiger partial charge in [0.2, 0.25) is 17.6 Å². The Kier molecular flexibility index (Phi) is 12.1. The molecule has 0 aliphatic heterocycles. The van der Waals surface area contributed by atoms with Gasteiger partial charge in [0.05, 0.1) is 0 Å². The van der Waals surface area contributed by atoms with Crippen LogP contribution in [0, 0.1) is 0 Å². The minimum Gasteiger partial charge on any atom is -0.445 e. The van der Waals surface area contributed by atoms with E-state index in [-0.39, 0.29) is 26.0 Å². The molecule has 0 aliphatic carbocycles. The lowest BCUT2D eigenvalue weighted by atomic mass is 9.99. The third-order valence-electron chi connectivity index (χ3n) is 8.11. The second-order valence-electron chi connectivity index (χ2n) is 11.8. The minimum absolute atomic E-state index is 0.0162. The van der Waals surface area contributed by atoms with Crippen LogP contribution in [-0.2, 0) is 49.9 Å². The summed E-state index contributed by atoms with van der Waals surface area (Å²) in [6, 6.07) is 31.3. The molecule has 11 heteroatoms. The van der Waals surface area contributed by atoms with Crippen LogP contribution in [0.5, 0.6) is 0 Å². The minimum atomic E-state index is -1.23. The number of ketones is 1. The van der Waals surface area contributed by atoms with Crippen LogP contribution in [0.3, 0.4) is 0 Å². The van der Waals surface area contributed by atoms with E-state index in [0.717, 1.165) is 33.2 Å². The van der Waals surface area contributed by atoms with Gasteiger partial charge in [0.1, 0.15) is 24.7 Å². The number of ether oxygens (including phenoxy) is 1. The first-order valence-electron chi connectivity index (χ1n) is 16.3. The Morgan fingerprint density at radius 1 is 0.640 bits per heavy atom. The molecule has 1 aromatic heterocycles. The molecule has 5 N–H and O–H groups in total. The van der Waals surface area contributed by atoms with Gasteiger partial charge in [0.15, 0.2) is 0 Å². The number of carbonyl (C=O) groups excluding carboxylic acids is 5. The fourth-order valence-corrected chi connectivity index (χ4v) is 5.39. The highest BCUT2D eigenvalue weighted by Crippen LogP contribution is 2.19. The van der Waals surface area contributed by atoms with Gasteiger partial charge in [0, 0.05) is 36.5 Å². The van der Waals surface area contributed by atoms with E-state index in [1.54, 1.807) is 42.6 Å². The molecule has 0 spiro atoms. The second kappa shape index (κ2) is 17.3. The molecule has 3 unspecified atom stereocenters. The van der Waals surface area contributed by atoms with Gasteiger partial charge in [-0.05, 0) is 35.2 Å². The predicted octanol–water partition coefficient (Wildman–Crippen LogP) is 4.12. The van der Waals surface area contributed by atoms with Crippen molar-refractivity contribution in [3.05, 3.63) is 144 Å². The van der Waals surface area contributed by atoms with E-state index in [1.807, 2.05) is 78.9 Å². The summed E-state index contributed by atoms with van der Waals surface area (Å²) in [6.07, 6.45) is 1.05. The molecule has 4 amide bonds. The molecular formula is C39H39N5O6. The zero-order valence-electron chi connectivity index (χ0n) is 27.6. The molecule has 11 nitrogen and oxygen atoms in total. The quantitative estimate of drug-likeness (QED) is 0.105. The third kappa shape index (κ3) is 9.89. The van der Waals surface area contributed by atoms with Crippen LogP contribution in [-0.4, -0.2) is 52.7 Å². The zero-order valence-corrected chi connectivity index (χ0v) is 27.6. The molecule has 5 rings (SSSR count). The van der Waals surface area contributed by atoms with Crippen molar-refractivity contribution in [3.63, 3.8) is 0 Å². The molecule has 0 saturated heterocycles. The van der Waals surface area contributed by atoms with Crippen molar-refractivity contribution in [2.45, 2.75) is 51.0 Å². The van der Waals surface area contributed by atoms with E-state index >= 15 is 0 Å². The van der Waals surface area contributed by atoms with E-state index in [9.17, 15) is 24.0 Å². The number of fused-ring (bicyclic) bond motifs is 1. The van der Waals surface area contributed by atoms with Crippen molar-refractivity contribution in [2.24, 2.45) is 0 Å². The number of amides is 4. The number of aromatic nitrogens is 1. The van der Waals surface area contributed by atoms with Crippen LogP contribution in [0.1, 0.15) is 29.2 Å². The Balaban J connectivity index is 1.32. The van der Waals surface area contributed by atoms with Gasteiger partial charge < -0.3 is 31.0 Å². The van der Waals surface area contributed by atoms with Gasteiger partial charge in [-0.3, -0.25) is 19.2 Å². The Morgan fingerprint density at radius 2 is 1.22 bits per heavy atom. The number of benzene rings is 4. The largest absolute Gasteiger partial charge is 0.445 e. The lowest BCUT2D eigenvalue weighted by Crippen LogP contribution is -2.57. The Morgan fingerprint density at radius 3 is 1.90 bits per heavy atom. The summed E-state index contributed by atoms with van der Waals surface area (Å²) in [5.41, 5.74) is 3.91. The lowest BCUT2D eigenvalue weighted by Gasteiger charge is -2.24. The molecule has 0 saturated carbocycles.